The second-order valence-corrected chi connectivity index (χ2v) is 9.55. The van der Waals surface area contributed by atoms with Gasteiger partial charge < -0.3 is 26.2 Å². The van der Waals surface area contributed by atoms with Gasteiger partial charge in [-0.2, -0.15) is 0 Å². The minimum Gasteiger partial charge on any atom is -0.481 e. The molecule has 6 N–H and O–H groups in total. The highest BCUT2D eigenvalue weighted by Gasteiger charge is 2.28. The third-order valence-electron chi connectivity index (χ3n) is 6.71. The van der Waals surface area contributed by atoms with Gasteiger partial charge in [-0.25, -0.2) is 0 Å². The van der Waals surface area contributed by atoms with E-state index in [-0.39, 0.29) is 51.6 Å². The van der Waals surface area contributed by atoms with Crippen LogP contribution in [0.3, 0.4) is 0 Å². The van der Waals surface area contributed by atoms with E-state index in [0.717, 1.165) is 5.56 Å². The third-order valence-corrected chi connectivity index (χ3v) is 6.71. The highest BCUT2D eigenvalue weighted by atomic mass is 16.4. The zero-order valence-corrected chi connectivity index (χ0v) is 21.0. The fraction of sp³-hybridized carbons (Fsp3) is 0.600. The van der Waals surface area contributed by atoms with E-state index < -0.39 is 29.9 Å². The Labute approximate surface area is 216 Å². The molecule has 1 aliphatic heterocycles. The largest absolute Gasteiger partial charge is 0.481 e. The van der Waals surface area contributed by atoms with E-state index in [9.17, 15) is 39.6 Å². The number of benzene rings is 1. The summed E-state index contributed by atoms with van der Waals surface area (Å²) < 4.78 is 0. The van der Waals surface area contributed by atoms with E-state index in [4.69, 9.17) is 5.73 Å². The predicted molar refractivity (Wildman–Crippen MR) is 135 cm³/mol. The Morgan fingerprint density at radius 2 is 1.30 bits per heavy atom. The van der Waals surface area contributed by atoms with Gasteiger partial charge in [-0.15, -0.1) is 0 Å². The summed E-state index contributed by atoms with van der Waals surface area (Å²) >= 11 is 0. The number of nitrogen functional groups attached to an aromatic ring is 1. The lowest BCUT2D eigenvalue weighted by atomic mass is 9.96. The summed E-state index contributed by atoms with van der Waals surface area (Å²) in [4.78, 5) is 51.7. The van der Waals surface area contributed by atoms with E-state index in [1.165, 1.54) is 0 Å². The summed E-state index contributed by atoms with van der Waals surface area (Å²) in [5, 5.41) is 38.1. The maximum Gasteiger partial charge on any atom is 0.320 e. The first-order valence-corrected chi connectivity index (χ1v) is 12.4. The van der Waals surface area contributed by atoms with Crippen LogP contribution in [0.15, 0.2) is 24.3 Å². The molecular weight excluding hydrogens is 484 g/mol. The standard InChI is InChI=1S/C25H38N4O8/c26-20-4-1-18(2-5-20)3-6-21(25(36)37)29-13-11-27(16-23(32)33)9-7-19(15-22(30)31)8-10-28(12-14-29)17-24(34)35/h1-2,4-5,19,21H,3,6-17,26H2,(H,30,31)(H,32,33)(H,34,35)(H,36,37). The number of nitrogens with two attached hydrogens (primary N) is 1. The van der Waals surface area contributed by atoms with Gasteiger partial charge in [0.1, 0.15) is 6.04 Å². The van der Waals surface area contributed by atoms with E-state index in [0.29, 0.717) is 44.5 Å². The predicted octanol–water partition coefficient (Wildman–Crippen LogP) is 0.615. The van der Waals surface area contributed by atoms with Crippen molar-refractivity contribution in [3.05, 3.63) is 29.8 Å². The van der Waals surface area contributed by atoms with Gasteiger partial charge in [0.05, 0.1) is 13.1 Å². The highest BCUT2D eigenvalue weighted by Crippen LogP contribution is 2.18. The number of anilines is 1. The van der Waals surface area contributed by atoms with E-state index >= 15 is 0 Å². The Bertz CT molecular complexity index is 878. The molecule has 1 aromatic rings. The molecule has 1 aliphatic rings. The fourth-order valence-corrected chi connectivity index (χ4v) is 4.66. The van der Waals surface area contributed by atoms with Crippen LogP contribution in [-0.4, -0.2) is 117 Å². The number of carboxylic acid groups (broad SMARTS) is 4. The minimum atomic E-state index is -1.01. The van der Waals surface area contributed by atoms with Gasteiger partial charge in [0.25, 0.3) is 0 Å². The SMILES string of the molecule is Nc1ccc(CCC(C(=O)O)N2CCN(CC(=O)O)CCC(CC(=O)O)CCN(CC(=O)O)CC2)cc1. The normalized spacial score (nSPS) is 18.4. The van der Waals surface area contributed by atoms with Crippen LogP contribution in [0.1, 0.15) is 31.2 Å². The summed E-state index contributed by atoms with van der Waals surface area (Å²) in [5.74, 6) is -4.22. The molecule has 1 unspecified atom stereocenters. The lowest BCUT2D eigenvalue weighted by Gasteiger charge is -2.34. The Kier molecular flexibility index (Phi) is 12.3. The quantitative estimate of drug-likeness (QED) is 0.255. The zero-order chi connectivity index (χ0) is 27.4. The molecule has 0 aliphatic carbocycles. The second kappa shape index (κ2) is 15.1. The molecule has 1 fully saturated rings. The molecule has 2 rings (SSSR count). The summed E-state index contributed by atoms with van der Waals surface area (Å²) in [7, 11) is 0. The molecule has 0 radical (unpaired) electrons. The smallest absolute Gasteiger partial charge is 0.320 e. The van der Waals surface area contributed by atoms with Crippen LogP contribution in [0.2, 0.25) is 0 Å². The molecule has 206 valence electrons. The number of rotatable bonds is 11. The summed E-state index contributed by atoms with van der Waals surface area (Å²) in [6.07, 6.45) is 1.63. The molecule has 12 heteroatoms. The van der Waals surface area contributed by atoms with Crippen LogP contribution in [0.25, 0.3) is 0 Å². The van der Waals surface area contributed by atoms with Gasteiger partial charge in [0.2, 0.25) is 0 Å². The van der Waals surface area contributed by atoms with Crippen LogP contribution < -0.4 is 5.73 Å². The van der Waals surface area contributed by atoms with Crippen molar-refractivity contribution >= 4 is 29.6 Å². The first kappa shape index (κ1) is 30.0. The van der Waals surface area contributed by atoms with Crippen LogP contribution in [0.5, 0.6) is 0 Å². The number of nitrogens with zero attached hydrogens (tertiary/aromatic N) is 3. The molecule has 1 atom stereocenters. The van der Waals surface area contributed by atoms with Crippen molar-refractivity contribution in [1.82, 2.24) is 14.7 Å². The molecule has 0 amide bonds. The number of hydrogen-bond donors (Lipinski definition) is 5. The van der Waals surface area contributed by atoms with Crippen LogP contribution >= 0.6 is 0 Å². The highest BCUT2D eigenvalue weighted by molar-refractivity contribution is 5.73. The summed E-state index contributed by atoms with van der Waals surface area (Å²) in [5.41, 5.74) is 7.29. The number of carboxylic acids is 4. The van der Waals surface area contributed by atoms with Gasteiger partial charge in [-0.3, -0.25) is 33.9 Å². The Morgan fingerprint density at radius 3 is 1.73 bits per heavy atom. The topological polar surface area (TPSA) is 185 Å². The molecule has 0 bridgehead atoms. The van der Waals surface area contributed by atoms with Crippen LogP contribution in [-0.2, 0) is 25.6 Å². The lowest BCUT2D eigenvalue weighted by Crippen LogP contribution is -2.50. The van der Waals surface area contributed by atoms with E-state index in [1.54, 1.807) is 26.8 Å². The van der Waals surface area contributed by atoms with Crippen molar-refractivity contribution < 1.29 is 39.6 Å². The molecule has 0 saturated carbocycles. The molecule has 12 nitrogen and oxygen atoms in total. The van der Waals surface area contributed by atoms with Crippen molar-refractivity contribution in [2.75, 3.05) is 58.1 Å². The van der Waals surface area contributed by atoms with E-state index in [1.807, 2.05) is 12.1 Å². The van der Waals surface area contributed by atoms with Crippen molar-refractivity contribution in [2.24, 2.45) is 5.92 Å². The maximum absolute atomic E-state index is 12.3. The average Bonchev–Trinajstić information content (AvgIpc) is 2.80. The fourth-order valence-electron chi connectivity index (χ4n) is 4.66. The first-order valence-electron chi connectivity index (χ1n) is 12.4. The second-order valence-electron chi connectivity index (χ2n) is 9.55. The lowest BCUT2D eigenvalue weighted by molar-refractivity contribution is -0.145. The van der Waals surface area contributed by atoms with Gasteiger partial charge in [-0.05, 0) is 62.4 Å². The molecule has 0 spiro atoms. The van der Waals surface area contributed by atoms with E-state index in [2.05, 4.69) is 0 Å². The number of aliphatic carboxylic acids is 4. The van der Waals surface area contributed by atoms with Crippen molar-refractivity contribution in [3.63, 3.8) is 0 Å². The van der Waals surface area contributed by atoms with Crippen molar-refractivity contribution in [2.45, 2.75) is 38.1 Å². The van der Waals surface area contributed by atoms with Gasteiger partial charge >= 0.3 is 23.9 Å². The van der Waals surface area contributed by atoms with Gasteiger partial charge in [0.15, 0.2) is 0 Å². The zero-order valence-electron chi connectivity index (χ0n) is 21.0. The molecule has 1 saturated heterocycles. The van der Waals surface area contributed by atoms with Gasteiger partial charge in [-0.1, -0.05) is 12.1 Å². The third kappa shape index (κ3) is 11.6. The number of carbonyl (C=O) groups is 4. The Balaban J connectivity index is 2.23. The summed E-state index contributed by atoms with van der Waals surface area (Å²) in [6, 6.07) is 6.36. The molecule has 1 heterocycles. The first-order chi connectivity index (χ1) is 17.5. The average molecular weight is 523 g/mol. The maximum atomic E-state index is 12.3. The molecule has 1 aromatic carbocycles. The van der Waals surface area contributed by atoms with Crippen molar-refractivity contribution in [3.8, 4) is 0 Å². The number of hydrogen-bond acceptors (Lipinski definition) is 8. The van der Waals surface area contributed by atoms with Crippen LogP contribution in [0, 0.1) is 5.92 Å². The molecular formula is C25H38N4O8. The molecule has 37 heavy (non-hydrogen) atoms. The summed E-state index contributed by atoms with van der Waals surface area (Å²) in [6.45, 7) is 1.35. The van der Waals surface area contributed by atoms with Gasteiger partial charge in [0, 0.05) is 38.3 Å². The Morgan fingerprint density at radius 1 is 0.784 bits per heavy atom. The van der Waals surface area contributed by atoms with Crippen molar-refractivity contribution in [1.29, 1.82) is 0 Å². The Hall–Kier alpha value is -3.22. The monoisotopic (exact) mass is 522 g/mol. The molecule has 0 aromatic heterocycles. The minimum absolute atomic E-state index is 0.0832. The van der Waals surface area contributed by atoms with Crippen LogP contribution in [0.4, 0.5) is 5.69 Å². The number of aryl methyl sites for hydroxylation is 1.